The van der Waals surface area contributed by atoms with Crippen molar-refractivity contribution < 1.29 is 61.7 Å². The lowest BCUT2D eigenvalue weighted by atomic mass is 9.96. The number of ether oxygens (including phenoxy) is 3. The molecule has 0 aliphatic carbocycles. The van der Waals surface area contributed by atoms with Crippen molar-refractivity contribution in [2.24, 2.45) is 0 Å². The van der Waals surface area contributed by atoms with Gasteiger partial charge in [-0.3, -0.25) is 9.35 Å². The third kappa shape index (κ3) is 5.80. The fourth-order valence-corrected chi connectivity index (χ4v) is 3.66. The van der Waals surface area contributed by atoms with Crippen molar-refractivity contribution in [3.05, 3.63) is 0 Å². The summed E-state index contributed by atoms with van der Waals surface area (Å²) >= 11 is 0. The van der Waals surface area contributed by atoms with Gasteiger partial charge in [-0.2, -0.15) is 8.42 Å². The first-order valence-corrected chi connectivity index (χ1v) is 9.94. The number of aliphatic hydroxyl groups excluding tert-OH is 5. The summed E-state index contributed by atoms with van der Waals surface area (Å²) in [4.78, 5) is 11.4. The summed E-state index contributed by atoms with van der Waals surface area (Å²) in [5.41, 5.74) is 0. The maximum absolute atomic E-state index is 11.4. The summed E-state index contributed by atoms with van der Waals surface area (Å²) in [6.07, 6.45) is -14.6. The van der Waals surface area contributed by atoms with Gasteiger partial charge in [-0.15, -0.1) is 0 Å². The molecule has 2 aliphatic heterocycles. The maximum atomic E-state index is 11.4. The quantitative estimate of drug-likeness (QED) is 0.191. The van der Waals surface area contributed by atoms with Gasteiger partial charge in [0.25, 0.3) is 0 Å². The standard InChI is InChI=1S/C14H25NO13S/c1-4-8(18)11(7(13(21)25-4)15-5(2)17)27-14-10(20)12(28-29(22,23)24)9(19)6(3-16)26-14/h4,6-14,16,18-21H,3H2,1-2H3,(H,15,17)(H,22,23,24)/t4-,6+,7-,8+,9-,10+,11-,12-,13?,14-/m0/s1. The summed E-state index contributed by atoms with van der Waals surface area (Å²) in [6, 6.07) is -1.31. The highest BCUT2D eigenvalue weighted by molar-refractivity contribution is 7.80. The summed E-state index contributed by atoms with van der Waals surface area (Å²) in [7, 11) is -5.11. The summed E-state index contributed by atoms with van der Waals surface area (Å²) in [5.74, 6) is -0.602. The predicted octanol–water partition coefficient (Wildman–Crippen LogP) is -4.40. The van der Waals surface area contributed by atoms with Crippen LogP contribution >= 0.6 is 0 Å². The number of hydrogen-bond acceptors (Lipinski definition) is 12. The van der Waals surface area contributed by atoms with Crippen LogP contribution in [0, 0.1) is 0 Å². The molecule has 14 nitrogen and oxygen atoms in total. The zero-order valence-corrected chi connectivity index (χ0v) is 16.2. The Hall–Kier alpha value is -0.980. The van der Waals surface area contributed by atoms with Gasteiger partial charge in [-0.1, -0.05) is 0 Å². The molecule has 15 heteroatoms. The lowest BCUT2D eigenvalue weighted by Crippen LogP contribution is -2.67. The number of aliphatic hydroxyl groups is 5. The molecule has 2 fully saturated rings. The molecule has 7 N–H and O–H groups in total. The molecule has 0 aromatic heterocycles. The van der Waals surface area contributed by atoms with E-state index in [1.54, 1.807) is 0 Å². The van der Waals surface area contributed by atoms with Crippen molar-refractivity contribution in [1.82, 2.24) is 5.32 Å². The zero-order chi connectivity index (χ0) is 22.1. The van der Waals surface area contributed by atoms with E-state index >= 15 is 0 Å². The second kappa shape index (κ2) is 9.44. The summed E-state index contributed by atoms with van der Waals surface area (Å²) < 4.78 is 51.0. The van der Waals surface area contributed by atoms with Gasteiger partial charge < -0.3 is 45.1 Å². The van der Waals surface area contributed by atoms with Crippen molar-refractivity contribution in [1.29, 1.82) is 0 Å². The average Bonchev–Trinajstić information content (AvgIpc) is 2.60. The lowest BCUT2D eigenvalue weighted by Gasteiger charge is -2.46. The molecule has 10 atom stereocenters. The number of hydrogen-bond donors (Lipinski definition) is 7. The predicted molar refractivity (Wildman–Crippen MR) is 89.2 cm³/mol. The Labute approximate surface area is 165 Å². The molecule has 29 heavy (non-hydrogen) atoms. The molecule has 0 saturated carbocycles. The third-order valence-corrected chi connectivity index (χ3v) is 5.01. The Morgan fingerprint density at radius 3 is 2.21 bits per heavy atom. The molecule has 0 bridgehead atoms. The van der Waals surface area contributed by atoms with E-state index in [0.29, 0.717) is 0 Å². The van der Waals surface area contributed by atoms with Crippen molar-refractivity contribution in [3.63, 3.8) is 0 Å². The Morgan fingerprint density at radius 2 is 1.69 bits per heavy atom. The first kappa shape index (κ1) is 24.3. The fraction of sp³-hybridized carbons (Fsp3) is 0.929. The van der Waals surface area contributed by atoms with E-state index in [2.05, 4.69) is 9.50 Å². The highest BCUT2D eigenvalue weighted by Crippen LogP contribution is 2.30. The van der Waals surface area contributed by atoms with Crippen molar-refractivity contribution in [3.8, 4) is 0 Å². The SMILES string of the molecule is CC(=O)N[C@@H]1C(O)O[C@@H](C)[C@@H](O)[C@H]1O[C@@H]1O[C@H](CO)[C@H](O)[C@H](OS(=O)(=O)O)[C@H]1O. The van der Waals surface area contributed by atoms with Crippen LogP contribution in [0.2, 0.25) is 0 Å². The Bertz CT molecular complexity index is 674. The van der Waals surface area contributed by atoms with Crippen LogP contribution < -0.4 is 5.32 Å². The van der Waals surface area contributed by atoms with Crippen molar-refractivity contribution in [2.75, 3.05) is 6.61 Å². The highest BCUT2D eigenvalue weighted by atomic mass is 32.3. The van der Waals surface area contributed by atoms with Crippen molar-refractivity contribution >= 4 is 16.3 Å². The fourth-order valence-electron chi connectivity index (χ4n) is 3.15. The van der Waals surface area contributed by atoms with E-state index in [9.17, 15) is 38.7 Å². The molecule has 2 aliphatic rings. The summed E-state index contributed by atoms with van der Waals surface area (Å²) in [5, 5.41) is 52.5. The van der Waals surface area contributed by atoms with Crippen LogP contribution in [0.1, 0.15) is 13.8 Å². The van der Waals surface area contributed by atoms with E-state index in [0.717, 1.165) is 6.92 Å². The third-order valence-electron chi connectivity index (χ3n) is 4.55. The number of nitrogens with one attached hydrogen (secondary N) is 1. The van der Waals surface area contributed by atoms with Crippen LogP contribution in [0.15, 0.2) is 0 Å². The zero-order valence-electron chi connectivity index (χ0n) is 15.4. The minimum absolute atomic E-state index is 0.602. The van der Waals surface area contributed by atoms with Gasteiger partial charge in [0.15, 0.2) is 12.6 Å². The molecule has 0 radical (unpaired) electrons. The topological polar surface area (TPSA) is 222 Å². The number of amides is 1. The second-order valence-electron chi connectivity index (χ2n) is 6.74. The van der Waals surface area contributed by atoms with Crippen LogP contribution in [0.3, 0.4) is 0 Å². The Balaban J connectivity index is 2.28. The van der Waals surface area contributed by atoms with Gasteiger partial charge in [-0.25, -0.2) is 4.18 Å². The largest absolute Gasteiger partial charge is 0.397 e. The van der Waals surface area contributed by atoms with Crippen LogP contribution in [0.25, 0.3) is 0 Å². The maximum Gasteiger partial charge on any atom is 0.397 e. The smallest absolute Gasteiger partial charge is 0.394 e. The molecule has 2 heterocycles. The van der Waals surface area contributed by atoms with Gasteiger partial charge in [0.05, 0.1) is 12.7 Å². The molecule has 170 valence electrons. The van der Waals surface area contributed by atoms with Gasteiger partial charge in [0.1, 0.15) is 42.7 Å². The molecule has 0 aromatic carbocycles. The molecule has 0 spiro atoms. The van der Waals surface area contributed by atoms with E-state index < -0.39 is 84.3 Å². The van der Waals surface area contributed by atoms with Gasteiger partial charge in [0.2, 0.25) is 5.91 Å². The van der Waals surface area contributed by atoms with Crippen LogP contribution in [-0.2, 0) is 33.6 Å². The molecule has 2 saturated heterocycles. The first-order valence-electron chi connectivity index (χ1n) is 8.58. The normalized spacial score (nSPS) is 43.7. The van der Waals surface area contributed by atoms with Crippen molar-refractivity contribution in [2.45, 2.75) is 75.2 Å². The Kier molecular flexibility index (Phi) is 7.91. The lowest BCUT2D eigenvalue weighted by molar-refractivity contribution is -0.337. The molecule has 1 amide bonds. The molecule has 2 rings (SSSR count). The molecule has 0 aromatic rings. The van der Waals surface area contributed by atoms with E-state index in [-0.39, 0.29) is 0 Å². The first-order chi connectivity index (χ1) is 13.4. The average molecular weight is 447 g/mol. The minimum Gasteiger partial charge on any atom is -0.394 e. The van der Waals surface area contributed by atoms with E-state index in [4.69, 9.17) is 18.8 Å². The van der Waals surface area contributed by atoms with E-state index in [1.165, 1.54) is 6.92 Å². The number of carbonyl (C=O) groups excluding carboxylic acids is 1. The van der Waals surface area contributed by atoms with Crippen LogP contribution in [0.5, 0.6) is 0 Å². The number of carbonyl (C=O) groups is 1. The molecular weight excluding hydrogens is 422 g/mol. The van der Waals surface area contributed by atoms with Crippen LogP contribution in [-0.4, -0.2) is 112 Å². The van der Waals surface area contributed by atoms with Gasteiger partial charge in [-0.05, 0) is 6.92 Å². The van der Waals surface area contributed by atoms with Gasteiger partial charge in [0, 0.05) is 6.92 Å². The van der Waals surface area contributed by atoms with E-state index in [1.807, 2.05) is 0 Å². The second-order valence-corrected chi connectivity index (χ2v) is 7.79. The summed E-state index contributed by atoms with van der Waals surface area (Å²) in [6.45, 7) is 1.69. The minimum atomic E-state index is -5.11. The monoisotopic (exact) mass is 447 g/mol. The Morgan fingerprint density at radius 1 is 1.07 bits per heavy atom. The highest BCUT2D eigenvalue weighted by Gasteiger charge is 2.51. The van der Waals surface area contributed by atoms with Gasteiger partial charge >= 0.3 is 10.4 Å². The molecular formula is C14H25NO13S. The molecule has 1 unspecified atom stereocenters. The van der Waals surface area contributed by atoms with Crippen LogP contribution in [0.4, 0.5) is 0 Å². The number of rotatable bonds is 6.